The van der Waals surface area contributed by atoms with E-state index in [0.717, 1.165) is 6.42 Å². The monoisotopic (exact) mass is 199 g/mol. The second-order valence-electron chi connectivity index (χ2n) is 4.37. The van der Waals surface area contributed by atoms with Crippen LogP contribution in [-0.2, 0) is 9.53 Å². The molecule has 0 aromatic carbocycles. The Bertz CT molecular complexity index is 219. The average Bonchev–Trinajstić information content (AvgIpc) is 2.13. The number of ether oxygens (including phenoxy) is 1. The van der Waals surface area contributed by atoms with Crippen LogP contribution in [0, 0.1) is 5.92 Å². The lowest BCUT2D eigenvalue weighted by molar-refractivity contribution is -0.152. The fourth-order valence-corrected chi connectivity index (χ4v) is 2.21. The summed E-state index contributed by atoms with van der Waals surface area (Å²) in [5, 5.41) is 12.3. The number of carbonyl (C=O) groups is 1. The van der Waals surface area contributed by atoms with Crippen molar-refractivity contribution in [2.75, 3.05) is 19.8 Å². The first kappa shape index (κ1) is 9.93. The predicted molar refractivity (Wildman–Crippen MR) is 51.1 cm³/mol. The molecular weight excluding hydrogens is 182 g/mol. The summed E-state index contributed by atoms with van der Waals surface area (Å²) < 4.78 is 5.27. The number of morpholine rings is 1. The van der Waals surface area contributed by atoms with E-state index in [1.165, 1.54) is 19.3 Å². The van der Waals surface area contributed by atoms with Gasteiger partial charge in [0.05, 0.1) is 13.2 Å². The van der Waals surface area contributed by atoms with Crippen molar-refractivity contribution in [1.29, 1.82) is 0 Å². The highest BCUT2D eigenvalue weighted by Gasteiger charge is 2.43. The molecule has 1 atom stereocenters. The highest BCUT2D eigenvalue weighted by molar-refractivity contribution is 5.79. The van der Waals surface area contributed by atoms with E-state index < -0.39 is 11.5 Å². The van der Waals surface area contributed by atoms with Gasteiger partial charge in [-0.25, -0.2) is 0 Å². The van der Waals surface area contributed by atoms with Crippen molar-refractivity contribution in [3.63, 3.8) is 0 Å². The Morgan fingerprint density at radius 3 is 2.79 bits per heavy atom. The summed E-state index contributed by atoms with van der Waals surface area (Å²) in [6.07, 6.45) is 4.33. The summed E-state index contributed by atoms with van der Waals surface area (Å²) in [5.74, 6) is -0.176. The van der Waals surface area contributed by atoms with Crippen molar-refractivity contribution in [3.8, 4) is 0 Å². The van der Waals surface area contributed by atoms with Crippen LogP contribution in [-0.4, -0.2) is 36.4 Å². The van der Waals surface area contributed by atoms with Crippen molar-refractivity contribution < 1.29 is 14.6 Å². The normalized spacial score (nSPS) is 33.7. The van der Waals surface area contributed by atoms with E-state index in [1.54, 1.807) is 0 Å². The van der Waals surface area contributed by atoms with Gasteiger partial charge in [0.2, 0.25) is 0 Å². The van der Waals surface area contributed by atoms with Gasteiger partial charge in [0.25, 0.3) is 0 Å². The third kappa shape index (κ3) is 1.77. The molecule has 2 N–H and O–H groups in total. The van der Waals surface area contributed by atoms with Crippen LogP contribution in [0.15, 0.2) is 0 Å². The second-order valence-corrected chi connectivity index (χ2v) is 4.37. The van der Waals surface area contributed by atoms with E-state index in [1.807, 2.05) is 0 Å². The minimum Gasteiger partial charge on any atom is -0.480 e. The maximum atomic E-state index is 11.2. The molecule has 2 fully saturated rings. The van der Waals surface area contributed by atoms with Crippen LogP contribution in [0.1, 0.15) is 25.7 Å². The molecule has 14 heavy (non-hydrogen) atoms. The fourth-order valence-electron chi connectivity index (χ4n) is 2.21. The van der Waals surface area contributed by atoms with E-state index in [0.29, 0.717) is 25.7 Å². The smallest absolute Gasteiger partial charge is 0.326 e. The minimum atomic E-state index is -0.802. The summed E-state index contributed by atoms with van der Waals surface area (Å²) in [7, 11) is 0. The largest absolute Gasteiger partial charge is 0.480 e. The van der Waals surface area contributed by atoms with Gasteiger partial charge in [0, 0.05) is 6.54 Å². The highest BCUT2D eigenvalue weighted by Crippen LogP contribution is 2.34. The lowest BCUT2D eigenvalue weighted by Gasteiger charge is -2.39. The predicted octanol–water partition coefficient (Wildman–Crippen LogP) is 0.620. The zero-order chi connectivity index (χ0) is 10.0. The maximum Gasteiger partial charge on any atom is 0.326 e. The highest BCUT2D eigenvalue weighted by atomic mass is 16.5. The molecule has 1 saturated carbocycles. The first-order chi connectivity index (χ1) is 6.73. The Kier molecular flexibility index (Phi) is 2.74. The molecule has 1 unspecified atom stereocenters. The van der Waals surface area contributed by atoms with Gasteiger partial charge < -0.3 is 9.84 Å². The number of carboxylic acids is 1. The Labute approximate surface area is 83.6 Å². The molecule has 0 spiro atoms. The minimum absolute atomic E-state index is 0.318. The maximum absolute atomic E-state index is 11.2. The van der Waals surface area contributed by atoms with Crippen molar-refractivity contribution in [1.82, 2.24) is 5.32 Å². The van der Waals surface area contributed by atoms with Gasteiger partial charge in [-0.3, -0.25) is 10.1 Å². The summed E-state index contributed by atoms with van der Waals surface area (Å²) in [6.45, 7) is 1.59. The van der Waals surface area contributed by atoms with Gasteiger partial charge in [0.1, 0.15) is 5.54 Å². The van der Waals surface area contributed by atoms with Gasteiger partial charge in [-0.2, -0.15) is 0 Å². The van der Waals surface area contributed by atoms with Gasteiger partial charge >= 0.3 is 5.97 Å². The van der Waals surface area contributed by atoms with Crippen molar-refractivity contribution in [2.24, 2.45) is 5.92 Å². The summed E-state index contributed by atoms with van der Waals surface area (Å²) in [4.78, 5) is 11.2. The topological polar surface area (TPSA) is 58.6 Å². The molecule has 1 aliphatic carbocycles. The fraction of sp³-hybridized carbons (Fsp3) is 0.900. The number of hydrogen-bond donors (Lipinski definition) is 2. The zero-order valence-electron chi connectivity index (χ0n) is 8.29. The average molecular weight is 199 g/mol. The van der Waals surface area contributed by atoms with Crippen molar-refractivity contribution in [2.45, 2.75) is 31.2 Å². The standard InChI is InChI=1S/C10H17NO3/c12-9(13)10(6-8-2-1-3-8)7-14-5-4-11-10/h8,11H,1-7H2,(H,12,13). The molecule has 1 heterocycles. The van der Waals surface area contributed by atoms with Crippen LogP contribution in [0.5, 0.6) is 0 Å². The first-order valence-corrected chi connectivity index (χ1v) is 5.29. The van der Waals surface area contributed by atoms with E-state index >= 15 is 0 Å². The van der Waals surface area contributed by atoms with Crippen LogP contribution >= 0.6 is 0 Å². The molecule has 4 nitrogen and oxygen atoms in total. The van der Waals surface area contributed by atoms with Crippen LogP contribution in [0.4, 0.5) is 0 Å². The van der Waals surface area contributed by atoms with Gasteiger partial charge in [-0.05, 0) is 12.3 Å². The number of carboxylic acid groups (broad SMARTS) is 1. The lowest BCUT2D eigenvalue weighted by atomic mass is 9.76. The number of rotatable bonds is 3. The quantitative estimate of drug-likeness (QED) is 0.699. The molecule has 0 bridgehead atoms. The molecule has 0 amide bonds. The van der Waals surface area contributed by atoms with E-state index in [-0.39, 0.29) is 0 Å². The number of nitrogens with one attached hydrogen (secondary N) is 1. The summed E-state index contributed by atoms with van der Waals surface area (Å²) >= 11 is 0. The van der Waals surface area contributed by atoms with Crippen LogP contribution in [0.2, 0.25) is 0 Å². The second kappa shape index (κ2) is 3.87. The zero-order valence-corrected chi connectivity index (χ0v) is 8.29. The lowest BCUT2D eigenvalue weighted by Crippen LogP contribution is -2.60. The molecule has 1 saturated heterocycles. The van der Waals surface area contributed by atoms with Gasteiger partial charge in [-0.15, -0.1) is 0 Å². The molecule has 0 aromatic heterocycles. The van der Waals surface area contributed by atoms with Crippen molar-refractivity contribution in [3.05, 3.63) is 0 Å². The molecule has 2 rings (SSSR count). The van der Waals surface area contributed by atoms with E-state index in [2.05, 4.69) is 5.32 Å². The van der Waals surface area contributed by atoms with Crippen LogP contribution in [0.25, 0.3) is 0 Å². The SMILES string of the molecule is O=C(O)C1(CC2CCC2)COCCN1. The Balaban J connectivity index is 2.00. The third-order valence-corrected chi connectivity index (χ3v) is 3.33. The first-order valence-electron chi connectivity index (χ1n) is 5.29. The van der Waals surface area contributed by atoms with Crippen LogP contribution in [0.3, 0.4) is 0 Å². The molecule has 1 aliphatic heterocycles. The van der Waals surface area contributed by atoms with Gasteiger partial charge in [0.15, 0.2) is 0 Å². The Morgan fingerprint density at radius 1 is 1.57 bits per heavy atom. The van der Waals surface area contributed by atoms with Crippen molar-refractivity contribution >= 4 is 5.97 Å². The molecule has 4 heteroatoms. The Hall–Kier alpha value is -0.610. The molecular formula is C10H17NO3. The van der Waals surface area contributed by atoms with Gasteiger partial charge in [-0.1, -0.05) is 19.3 Å². The van der Waals surface area contributed by atoms with E-state index in [9.17, 15) is 9.90 Å². The molecule has 80 valence electrons. The molecule has 2 aliphatic rings. The number of hydrogen-bond acceptors (Lipinski definition) is 3. The Morgan fingerprint density at radius 2 is 2.36 bits per heavy atom. The van der Waals surface area contributed by atoms with E-state index in [4.69, 9.17) is 4.74 Å². The number of aliphatic carboxylic acids is 1. The molecule has 0 aromatic rings. The third-order valence-electron chi connectivity index (χ3n) is 3.33. The summed E-state index contributed by atoms with van der Waals surface area (Å²) in [5.41, 5.74) is -0.802. The van der Waals surface area contributed by atoms with Crippen LogP contribution < -0.4 is 5.32 Å². The summed E-state index contributed by atoms with van der Waals surface area (Å²) in [6, 6.07) is 0. The molecule has 0 radical (unpaired) electrons.